The summed E-state index contributed by atoms with van der Waals surface area (Å²) in [7, 11) is 1.93. The van der Waals surface area contributed by atoms with Crippen LogP contribution in [-0.4, -0.2) is 9.78 Å². The van der Waals surface area contributed by atoms with Gasteiger partial charge in [0.25, 0.3) is 0 Å². The normalized spacial score (nSPS) is 12.9. The van der Waals surface area contributed by atoms with E-state index in [4.69, 9.17) is 5.73 Å². The van der Waals surface area contributed by atoms with Crippen LogP contribution in [0.3, 0.4) is 0 Å². The summed E-state index contributed by atoms with van der Waals surface area (Å²) in [6, 6.07) is 4.41. The molecule has 16 heavy (non-hydrogen) atoms. The predicted octanol–water partition coefficient (Wildman–Crippen LogP) is 2.29. The number of aryl methyl sites for hydroxylation is 2. The average Bonchev–Trinajstić information content (AvgIpc) is 2.87. The highest BCUT2D eigenvalue weighted by molar-refractivity contribution is 7.12. The van der Waals surface area contributed by atoms with Crippen LogP contribution in [-0.2, 0) is 19.9 Å². The Labute approximate surface area is 99.9 Å². The van der Waals surface area contributed by atoms with Crippen LogP contribution >= 0.6 is 11.3 Å². The molecule has 2 heterocycles. The largest absolute Gasteiger partial charge is 0.323 e. The van der Waals surface area contributed by atoms with Gasteiger partial charge in [-0.3, -0.25) is 4.68 Å². The van der Waals surface area contributed by atoms with Gasteiger partial charge in [-0.05, 0) is 30.5 Å². The molecule has 1 unspecified atom stereocenters. The molecule has 0 radical (unpaired) electrons. The number of rotatable bonds is 4. The third-order valence-electron chi connectivity index (χ3n) is 2.61. The molecule has 0 aliphatic carbocycles. The van der Waals surface area contributed by atoms with Crippen molar-refractivity contribution in [3.05, 3.63) is 39.8 Å². The van der Waals surface area contributed by atoms with Gasteiger partial charge in [-0.25, -0.2) is 0 Å². The molecule has 2 N–H and O–H groups in total. The lowest BCUT2D eigenvalue weighted by atomic mass is 10.1. The third-order valence-corrected chi connectivity index (χ3v) is 3.97. The van der Waals surface area contributed by atoms with Gasteiger partial charge in [0.1, 0.15) is 0 Å². The van der Waals surface area contributed by atoms with Crippen molar-refractivity contribution >= 4 is 11.3 Å². The maximum absolute atomic E-state index is 6.18. The minimum atomic E-state index is 0.0921. The molecule has 0 aromatic carbocycles. The number of thiophene rings is 1. The van der Waals surface area contributed by atoms with Gasteiger partial charge in [0.05, 0.1) is 6.20 Å². The van der Waals surface area contributed by atoms with Gasteiger partial charge >= 0.3 is 0 Å². The van der Waals surface area contributed by atoms with Crippen LogP contribution in [0.15, 0.2) is 24.5 Å². The van der Waals surface area contributed by atoms with E-state index in [9.17, 15) is 0 Å². The lowest BCUT2D eigenvalue weighted by Gasteiger charge is -2.07. The van der Waals surface area contributed by atoms with Gasteiger partial charge in [-0.2, -0.15) is 5.10 Å². The number of nitrogens with zero attached hydrogens (tertiary/aromatic N) is 2. The van der Waals surface area contributed by atoms with E-state index in [-0.39, 0.29) is 6.04 Å². The van der Waals surface area contributed by atoms with E-state index in [1.165, 1.54) is 15.3 Å². The Hall–Kier alpha value is -1.13. The smallest absolute Gasteiger partial charge is 0.0522 e. The number of nitrogens with two attached hydrogens (primary N) is 1. The summed E-state index contributed by atoms with van der Waals surface area (Å²) in [5.74, 6) is 0. The molecule has 2 aromatic rings. The molecule has 2 aromatic heterocycles. The van der Waals surface area contributed by atoms with Gasteiger partial charge in [0, 0.05) is 29.0 Å². The number of aromatic nitrogens is 2. The topological polar surface area (TPSA) is 43.8 Å². The molecular weight excluding hydrogens is 218 g/mol. The zero-order valence-electron chi connectivity index (χ0n) is 9.68. The summed E-state index contributed by atoms with van der Waals surface area (Å²) in [6.07, 6.45) is 5.85. The summed E-state index contributed by atoms with van der Waals surface area (Å²) in [5, 5.41) is 4.15. The molecule has 0 saturated heterocycles. The Balaban J connectivity index is 2.05. The van der Waals surface area contributed by atoms with Crippen LogP contribution in [0.1, 0.15) is 28.3 Å². The average molecular weight is 235 g/mol. The maximum atomic E-state index is 6.18. The molecule has 0 saturated carbocycles. The summed E-state index contributed by atoms with van der Waals surface area (Å²) in [5.41, 5.74) is 7.37. The SMILES string of the molecule is CCc1ccc(C(N)Cc2cnn(C)c2)s1. The van der Waals surface area contributed by atoms with Crippen molar-refractivity contribution < 1.29 is 0 Å². The second-order valence-corrected chi connectivity index (χ2v) is 5.19. The van der Waals surface area contributed by atoms with Crippen molar-refractivity contribution in [2.24, 2.45) is 12.8 Å². The molecule has 86 valence electrons. The number of hydrogen-bond acceptors (Lipinski definition) is 3. The Morgan fingerprint density at radius 1 is 1.50 bits per heavy atom. The van der Waals surface area contributed by atoms with Crippen molar-refractivity contribution in [2.45, 2.75) is 25.8 Å². The summed E-state index contributed by atoms with van der Waals surface area (Å²) >= 11 is 1.81. The van der Waals surface area contributed by atoms with Crippen molar-refractivity contribution in [1.82, 2.24) is 9.78 Å². The highest BCUT2D eigenvalue weighted by Gasteiger charge is 2.10. The second-order valence-electron chi connectivity index (χ2n) is 3.99. The Morgan fingerprint density at radius 3 is 2.88 bits per heavy atom. The van der Waals surface area contributed by atoms with Crippen molar-refractivity contribution in [2.75, 3.05) is 0 Å². The molecule has 0 bridgehead atoms. The van der Waals surface area contributed by atoms with Crippen LogP contribution < -0.4 is 5.73 Å². The molecule has 0 aliphatic heterocycles. The molecule has 0 fully saturated rings. The van der Waals surface area contributed by atoms with Crippen molar-refractivity contribution in [3.63, 3.8) is 0 Å². The zero-order chi connectivity index (χ0) is 11.5. The molecular formula is C12H17N3S. The van der Waals surface area contributed by atoms with Gasteiger partial charge in [0.15, 0.2) is 0 Å². The van der Waals surface area contributed by atoms with Gasteiger partial charge < -0.3 is 5.73 Å². The van der Waals surface area contributed by atoms with Crippen molar-refractivity contribution in [3.8, 4) is 0 Å². The fraction of sp³-hybridized carbons (Fsp3) is 0.417. The van der Waals surface area contributed by atoms with E-state index in [0.29, 0.717) is 0 Å². The van der Waals surface area contributed by atoms with E-state index in [1.807, 2.05) is 35.5 Å². The lowest BCUT2D eigenvalue weighted by Crippen LogP contribution is -2.11. The fourth-order valence-corrected chi connectivity index (χ4v) is 2.67. The first-order valence-electron chi connectivity index (χ1n) is 5.50. The summed E-state index contributed by atoms with van der Waals surface area (Å²) in [4.78, 5) is 2.66. The maximum Gasteiger partial charge on any atom is 0.0522 e. The molecule has 0 aliphatic rings. The Bertz CT molecular complexity index is 458. The van der Waals surface area contributed by atoms with Crippen LogP contribution in [0.25, 0.3) is 0 Å². The minimum absolute atomic E-state index is 0.0921. The molecule has 0 spiro atoms. The molecule has 3 nitrogen and oxygen atoms in total. The highest BCUT2D eigenvalue weighted by atomic mass is 32.1. The monoisotopic (exact) mass is 235 g/mol. The first kappa shape index (κ1) is 11.4. The van der Waals surface area contributed by atoms with Crippen molar-refractivity contribution in [1.29, 1.82) is 0 Å². The highest BCUT2D eigenvalue weighted by Crippen LogP contribution is 2.24. The van der Waals surface area contributed by atoms with E-state index in [2.05, 4.69) is 24.2 Å². The quantitative estimate of drug-likeness (QED) is 0.883. The second kappa shape index (κ2) is 4.80. The first-order chi connectivity index (χ1) is 7.69. The van der Waals surface area contributed by atoms with E-state index >= 15 is 0 Å². The lowest BCUT2D eigenvalue weighted by molar-refractivity contribution is 0.732. The zero-order valence-corrected chi connectivity index (χ0v) is 10.5. The van der Waals surface area contributed by atoms with Crippen LogP contribution in [0, 0.1) is 0 Å². The van der Waals surface area contributed by atoms with Crippen LogP contribution in [0.4, 0.5) is 0 Å². The Kier molecular flexibility index (Phi) is 3.41. The first-order valence-corrected chi connectivity index (χ1v) is 6.32. The fourth-order valence-electron chi connectivity index (χ4n) is 1.72. The van der Waals surface area contributed by atoms with Gasteiger partial charge in [-0.15, -0.1) is 11.3 Å². The molecule has 1 atom stereocenters. The standard InChI is InChI=1S/C12H17N3S/c1-3-10-4-5-12(16-10)11(13)6-9-7-14-15(2)8-9/h4-5,7-8,11H,3,6,13H2,1-2H3. The van der Waals surface area contributed by atoms with E-state index in [1.54, 1.807) is 0 Å². The van der Waals surface area contributed by atoms with Crippen LogP contribution in [0.2, 0.25) is 0 Å². The summed E-state index contributed by atoms with van der Waals surface area (Å²) in [6.45, 7) is 2.17. The molecule has 2 rings (SSSR count). The minimum Gasteiger partial charge on any atom is -0.323 e. The van der Waals surface area contributed by atoms with E-state index in [0.717, 1.165) is 12.8 Å². The predicted molar refractivity (Wildman–Crippen MR) is 67.5 cm³/mol. The van der Waals surface area contributed by atoms with E-state index < -0.39 is 0 Å². The third kappa shape index (κ3) is 2.51. The Morgan fingerprint density at radius 2 is 2.31 bits per heavy atom. The van der Waals surface area contributed by atoms with Crippen LogP contribution in [0.5, 0.6) is 0 Å². The molecule has 4 heteroatoms. The van der Waals surface area contributed by atoms with Gasteiger partial charge in [0.2, 0.25) is 0 Å². The van der Waals surface area contributed by atoms with Gasteiger partial charge in [-0.1, -0.05) is 6.92 Å². The number of hydrogen-bond donors (Lipinski definition) is 1. The molecule has 0 amide bonds. The summed E-state index contributed by atoms with van der Waals surface area (Å²) < 4.78 is 1.81.